The number of hydrogen-bond donors (Lipinski definition) is 1. The summed E-state index contributed by atoms with van der Waals surface area (Å²) in [6.45, 7) is 8.46. The summed E-state index contributed by atoms with van der Waals surface area (Å²) >= 11 is 5.63. The van der Waals surface area contributed by atoms with Crippen molar-refractivity contribution in [2.45, 2.75) is 26.3 Å². The fourth-order valence-corrected chi connectivity index (χ4v) is 4.19. The van der Waals surface area contributed by atoms with E-state index in [4.69, 9.17) is 21.5 Å². The molecule has 0 aliphatic carbocycles. The van der Waals surface area contributed by atoms with Crippen LogP contribution in [-0.2, 0) is 6.42 Å². The zero-order valence-electron chi connectivity index (χ0n) is 18.8. The average Bonchev–Trinajstić information content (AvgIpc) is 3.31. The van der Waals surface area contributed by atoms with Crippen LogP contribution in [0.4, 0.5) is 4.39 Å². The molecule has 0 radical (unpaired) electrons. The van der Waals surface area contributed by atoms with Crippen LogP contribution >= 0.6 is 12.2 Å². The van der Waals surface area contributed by atoms with Gasteiger partial charge in [-0.25, -0.2) is 4.39 Å². The van der Waals surface area contributed by atoms with Crippen molar-refractivity contribution in [1.29, 1.82) is 0 Å². The van der Waals surface area contributed by atoms with Crippen LogP contribution in [0, 0.1) is 5.82 Å². The fourth-order valence-electron chi connectivity index (χ4n) is 3.86. The molecule has 1 aliphatic rings. The minimum absolute atomic E-state index is 0.154. The van der Waals surface area contributed by atoms with Crippen LogP contribution in [0.1, 0.15) is 36.9 Å². The number of methoxy groups -OCH3 is 1. The number of aryl methyl sites for hydroxylation is 1. The van der Waals surface area contributed by atoms with E-state index < -0.39 is 5.82 Å². The molecule has 0 bridgehead atoms. The quantitative estimate of drug-likeness (QED) is 0.376. The lowest BCUT2D eigenvalue weighted by Crippen LogP contribution is -2.45. The number of thiocarbonyl (C=S) groups is 1. The van der Waals surface area contributed by atoms with Gasteiger partial charge in [0, 0.05) is 17.8 Å². The van der Waals surface area contributed by atoms with Crippen LogP contribution in [0.3, 0.4) is 0 Å². The lowest BCUT2D eigenvalue weighted by atomic mass is 9.94. The van der Waals surface area contributed by atoms with Crippen LogP contribution in [-0.4, -0.2) is 33.8 Å². The second-order valence-electron chi connectivity index (χ2n) is 7.65. The summed E-state index contributed by atoms with van der Waals surface area (Å²) in [7, 11) is 1.42. The van der Waals surface area contributed by atoms with E-state index in [9.17, 15) is 4.39 Å². The minimum Gasteiger partial charge on any atom is -0.494 e. The molecule has 1 unspecified atom stereocenters. The third-order valence-corrected chi connectivity index (χ3v) is 6.03. The molecule has 0 saturated carbocycles. The number of halogens is 1. The zero-order valence-corrected chi connectivity index (χ0v) is 19.6. The molecule has 3 aromatic rings. The first kappa shape index (κ1) is 22.7. The molecule has 2 aromatic carbocycles. The van der Waals surface area contributed by atoms with Crippen molar-refractivity contribution < 1.29 is 13.7 Å². The van der Waals surface area contributed by atoms with Gasteiger partial charge < -0.3 is 19.5 Å². The van der Waals surface area contributed by atoms with Gasteiger partial charge in [0.2, 0.25) is 5.82 Å². The van der Waals surface area contributed by atoms with E-state index in [0.29, 0.717) is 23.1 Å². The number of allylic oxidation sites excluding steroid dienone is 1. The summed E-state index contributed by atoms with van der Waals surface area (Å²) < 4.78 is 24.9. The highest BCUT2D eigenvalue weighted by Gasteiger charge is 2.33. The molecule has 0 amide bonds. The van der Waals surface area contributed by atoms with Crippen LogP contribution in [0.5, 0.6) is 5.75 Å². The van der Waals surface area contributed by atoms with Crippen molar-refractivity contribution in [2.24, 2.45) is 0 Å². The van der Waals surface area contributed by atoms with Gasteiger partial charge in [-0.15, -0.1) is 6.58 Å². The number of rotatable bonds is 7. The molecule has 4 rings (SSSR count). The van der Waals surface area contributed by atoms with E-state index >= 15 is 0 Å². The Balaban J connectivity index is 1.79. The second-order valence-corrected chi connectivity index (χ2v) is 8.04. The molecule has 0 saturated heterocycles. The van der Waals surface area contributed by atoms with Gasteiger partial charge in [-0.05, 0) is 54.9 Å². The number of benzene rings is 2. The Kier molecular flexibility index (Phi) is 6.55. The van der Waals surface area contributed by atoms with Gasteiger partial charge >= 0.3 is 0 Å². The minimum atomic E-state index is -0.493. The van der Waals surface area contributed by atoms with E-state index in [1.165, 1.54) is 24.8 Å². The maximum absolute atomic E-state index is 14.2. The Labute approximate surface area is 197 Å². The molecule has 8 heteroatoms. The molecule has 6 nitrogen and oxygen atoms in total. The van der Waals surface area contributed by atoms with Gasteiger partial charge in [0.15, 0.2) is 16.7 Å². The van der Waals surface area contributed by atoms with Crippen LogP contribution in [0.25, 0.3) is 17.0 Å². The number of nitrogens with zero attached hydrogens (tertiary/aromatic N) is 3. The maximum atomic E-state index is 14.2. The summed E-state index contributed by atoms with van der Waals surface area (Å²) in [6.07, 6.45) is 2.74. The Morgan fingerprint density at radius 1 is 1.27 bits per heavy atom. The Morgan fingerprint density at radius 3 is 2.67 bits per heavy atom. The maximum Gasteiger partial charge on any atom is 0.258 e. The standard InChI is InChI=1S/C25H25FN4O2S/c1-5-13-30-15(3)21(22(27-25(30)33)17-9-7-16(6-2)8-10-17)24-28-23(29-32-24)18-11-12-20(31-4)19(26)14-18/h5,7-12,14,22H,1,6,13H2,2-4H3,(H,27,33). The van der Waals surface area contributed by atoms with Gasteiger partial charge in [0.1, 0.15) is 0 Å². The lowest BCUT2D eigenvalue weighted by Gasteiger charge is -2.36. The zero-order chi connectivity index (χ0) is 23.5. The Bertz CT molecular complexity index is 1220. The molecule has 33 heavy (non-hydrogen) atoms. The number of aromatic nitrogens is 2. The summed E-state index contributed by atoms with van der Waals surface area (Å²) in [5.41, 5.74) is 4.46. The lowest BCUT2D eigenvalue weighted by molar-refractivity contribution is 0.386. The third-order valence-electron chi connectivity index (χ3n) is 5.70. The van der Waals surface area contributed by atoms with Gasteiger partial charge in [-0.3, -0.25) is 0 Å². The van der Waals surface area contributed by atoms with Gasteiger partial charge in [-0.1, -0.05) is 42.4 Å². The van der Waals surface area contributed by atoms with Gasteiger partial charge in [0.05, 0.1) is 18.7 Å². The molecule has 2 heterocycles. The van der Waals surface area contributed by atoms with Crippen molar-refractivity contribution in [2.75, 3.05) is 13.7 Å². The van der Waals surface area contributed by atoms with E-state index in [1.54, 1.807) is 12.1 Å². The Morgan fingerprint density at radius 2 is 2.03 bits per heavy atom. The number of hydrogen-bond acceptors (Lipinski definition) is 5. The summed E-state index contributed by atoms with van der Waals surface area (Å²) in [4.78, 5) is 6.54. The SMILES string of the molecule is C=CCN1C(=S)NC(c2ccc(CC)cc2)C(c2nc(-c3ccc(OC)c(F)c3)no2)=C1C. The molecule has 1 atom stereocenters. The molecule has 0 fully saturated rings. The predicted octanol–water partition coefficient (Wildman–Crippen LogP) is 5.30. The highest BCUT2D eigenvalue weighted by molar-refractivity contribution is 7.80. The second kappa shape index (κ2) is 9.54. The molecular weight excluding hydrogens is 439 g/mol. The number of ether oxygens (including phenoxy) is 1. The van der Waals surface area contributed by atoms with Crippen molar-refractivity contribution >= 4 is 22.9 Å². The van der Waals surface area contributed by atoms with E-state index in [0.717, 1.165) is 23.3 Å². The smallest absolute Gasteiger partial charge is 0.258 e. The van der Waals surface area contributed by atoms with Crippen LogP contribution in [0.2, 0.25) is 0 Å². The molecule has 1 N–H and O–H groups in total. The summed E-state index contributed by atoms with van der Waals surface area (Å²) in [5.74, 6) is 0.289. The molecule has 1 aromatic heterocycles. The van der Waals surface area contributed by atoms with Gasteiger partial charge in [0.25, 0.3) is 5.89 Å². The van der Waals surface area contributed by atoms with Crippen molar-refractivity contribution in [3.63, 3.8) is 0 Å². The van der Waals surface area contributed by atoms with E-state index in [-0.39, 0.29) is 17.6 Å². The topological polar surface area (TPSA) is 63.4 Å². The number of nitrogens with one attached hydrogen (secondary N) is 1. The normalized spacial score (nSPS) is 16.1. The van der Waals surface area contributed by atoms with Crippen LogP contribution < -0.4 is 10.1 Å². The third kappa shape index (κ3) is 4.39. The monoisotopic (exact) mass is 464 g/mol. The first-order valence-electron chi connectivity index (χ1n) is 10.6. The van der Waals surface area contributed by atoms with Crippen molar-refractivity contribution in [3.05, 3.63) is 83.7 Å². The van der Waals surface area contributed by atoms with E-state index in [1.807, 2.05) is 11.8 Å². The highest BCUT2D eigenvalue weighted by Crippen LogP contribution is 2.37. The Hall–Kier alpha value is -3.52. The van der Waals surface area contributed by atoms with Crippen LogP contribution in [0.15, 0.2) is 65.3 Å². The first-order valence-corrected chi connectivity index (χ1v) is 11.0. The summed E-state index contributed by atoms with van der Waals surface area (Å²) in [5, 5.41) is 8.11. The largest absolute Gasteiger partial charge is 0.494 e. The predicted molar refractivity (Wildman–Crippen MR) is 130 cm³/mol. The highest BCUT2D eigenvalue weighted by atomic mass is 32.1. The van der Waals surface area contributed by atoms with Gasteiger partial charge in [-0.2, -0.15) is 4.98 Å². The molecule has 1 aliphatic heterocycles. The average molecular weight is 465 g/mol. The summed E-state index contributed by atoms with van der Waals surface area (Å²) in [6, 6.07) is 12.6. The molecule has 170 valence electrons. The fraction of sp³-hybridized carbons (Fsp3) is 0.240. The molecular formula is C25H25FN4O2S. The van der Waals surface area contributed by atoms with Crippen molar-refractivity contribution in [3.8, 4) is 17.1 Å². The van der Waals surface area contributed by atoms with E-state index in [2.05, 4.69) is 53.2 Å². The molecule has 0 spiro atoms. The first-order chi connectivity index (χ1) is 16.0. The van der Waals surface area contributed by atoms with Crippen molar-refractivity contribution in [1.82, 2.24) is 20.4 Å².